The largest absolute Gasteiger partial charge is 0.370 e. The van der Waals surface area contributed by atoms with Gasteiger partial charge in [0.2, 0.25) is 0 Å². The van der Waals surface area contributed by atoms with Crippen LogP contribution in [0.5, 0.6) is 0 Å². The quantitative estimate of drug-likeness (QED) is 0.592. The van der Waals surface area contributed by atoms with E-state index in [1.165, 1.54) is 64.2 Å². The van der Waals surface area contributed by atoms with Crippen LogP contribution in [0.2, 0.25) is 0 Å². The van der Waals surface area contributed by atoms with Crippen LogP contribution in [0.4, 0.5) is 0 Å². The van der Waals surface area contributed by atoms with Gasteiger partial charge in [-0.1, -0.05) is 38.5 Å². The molecule has 3 nitrogen and oxygen atoms in total. The number of nitrogens with two attached hydrogens (primary N) is 1. The van der Waals surface area contributed by atoms with E-state index in [0.29, 0.717) is 12.1 Å². The molecule has 0 aromatic rings. The lowest BCUT2D eigenvalue weighted by Gasteiger charge is -2.42. The number of hydrogen-bond acceptors (Lipinski definition) is 1. The fourth-order valence-electron chi connectivity index (χ4n) is 3.51. The highest BCUT2D eigenvalue weighted by Gasteiger charge is 2.29. The molecule has 2 aliphatic rings. The molecule has 2 N–H and O–H groups in total. The van der Waals surface area contributed by atoms with Crippen molar-refractivity contribution in [3.05, 3.63) is 0 Å². The second-order valence-corrected chi connectivity index (χ2v) is 5.57. The van der Waals surface area contributed by atoms with Crippen molar-refractivity contribution in [2.24, 2.45) is 10.7 Å². The number of hydrogen-bond donors (Lipinski definition) is 1. The third-order valence-corrected chi connectivity index (χ3v) is 4.43. The van der Waals surface area contributed by atoms with Crippen LogP contribution in [0.15, 0.2) is 4.99 Å². The smallest absolute Gasteiger partial charge is 0.191 e. The average Bonchev–Trinajstić information content (AvgIpc) is 2.41. The fourth-order valence-corrected chi connectivity index (χ4v) is 3.51. The minimum absolute atomic E-state index is 0.663. The minimum Gasteiger partial charge on any atom is -0.370 e. The van der Waals surface area contributed by atoms with E-state index in [9.17, 15) is 0 Å². The number of guanidine groups is 1. The zero-order valence-electron chi connectivity index (χ0n) is 11.2. The van der Waals surface area contributed by atoms with E-state index in [1.54, 1.807) is 0 Å². The molecule has 0 heterocycles. The normalized spacial score (nSPS) is 24.9. The fraction of sp³-hybridized carbons (Fsp3) is 0.929. The van der Waals surface area contributed by atoms with Gasteiger partial charge in [0.1, 0.15) is 0 Å². The van der Waals surface area contributed by atoms with E-state index >= 15 is 0 Å². The lowest BCUT2D eigenvalue weighted by molar-refractivity contribution is 0.155. The first-order valence-electron chi connectivity index (χ1n) is 7.33. The molecule has 17 heavy (non-hydrogen) atoms. The van der Waals surface area contributed by atoms with Gasteiger partial charge >= 0.3 is 0 Å². The third-order valence-electron chi connectivity index (χ3n) is 4.43. The van der Waals surface area contributed by atoms with Crippen molar-refractivity contribution in [2.75, 3.05) is 7.05 Å². The molecule has 0 atom stereocenters. The van der Waals surface area contributed by atoms with Crippen molar-refractivity contribution in [2.45, 2.75) is 76.3 Å². The summed E-state index contributed by atoms with van der Waals surface area (Å²) in [5.41, 5.74) is 6.15. The molecule has 0 bridgehead atoms. The summed E-state index contributed by atoms with van der Waals surface area (Å²) in [6.45, 7) is 0. The van der Waals surface area contributed by atoms with E-state index in [-0.39, 0.29) is 0 Å². The summed E-state index contributed by atoms with van der Waals surface area (Å²) >= 11 is 0. The van der Waals surface area contributed by atoms with Gasteiger partial charge in [0.05, 0.1) is 0 Å². The first kappa shape index (κ1) is 12.7. The van der Waals surface area contributed by atoms with Crippen molar-refractivity contribution in [1.29, 1.82) is 0 Å². The topological polar surface area (TPSA) is 41.6 Å². The van der Waals surface area contributed by atoms with Crippen LogP contribution in [-0.2, 0) is 0 Å². The number of nitrogens with zero attached hydrogens (tertiary/aromatic N) is 2. The Balaban J connectivity index is 2.05. The molecule has 0 aromatic heterocycles. The number of rotatable bonds is 2. The Morgan fingerprint density at radius 2 is 1.29 bits per heavy atom. The summed E-state index contributed by atoms with van der Waals surface area (Å²) in [6.07, 6.45) is 13.5. The zero-order chi connectivity index (χ0) is 12.1. The van der Waals surface area contributed by atoms with Gasteiger partial charge in [0, 0.05) is 19.1 Å². The van der Waals surface area contributed by atoms with Crippen LogP contribution in [0.1, 0.15) is 64.2 Å². The minimum atomic E-state index is 0.663. The molecular formula is C14H27N3. The van der Waals surface area contributed by atoms with Crippen LogP contribution in [-0.4, -0.2) is 30.0 Å². The van der Waals surface area contributed by atoms with E-state index in [4.69, 9.17) is 5.73 Å². The van der Waals surface area contributed by atoms with Crippen molar-refractivity contribution in [3.8, 4) is 0 Å². The van der Waals surface area contributed by atoms with Crippen LogP contribution in [0.3, 0.4) is 0 Å². The standard InChI is InChI=1S/C14H27N3/c1-16-14(15)17(12-8-4-2-5-9-12)13-10-6-3-7-11-13/h12-13H,2-11H2,1H3,(H2,15,16). The first-order valence-corrected chi connectivity index (χ1v) is 7.33. The van der Waals surface area contributed by atoms with Gasteiger partial charge in [0.15, 0.2) is 5.96 Å². The Bertz CT molecular complexity index is 232. The Morgan fingerprint density at radius 1 is 0.882 bits per heavy atom. The predicted molar refractivity (Wildman–Crippen MR) is 73.1 cm³/mol. The van der Waals surface area contributed by atoms with Gasteiger partial charge in [-0.05, 0) is 25.7 Å². The summed E-state index contributed by atoms with van der Waals surface area (Å²) in [4.78, 5) is 6.73. The van der Waals surface area contributed by atoms with Crippen LogP contribution < -0.4 is 5.73 Å². The van der Waals surface area contributed by atoms with Gasteiger partial charge in [-0.15, -0.1) is 0 Å². The Hall–Kier alpha value is -0.730. The SMILES string of the molecule is CN=C(N)N(C1CCCCC1)C1CCCCC1. The summed E-state index contributed by atoms with van der Waals surface area (Å²) in [5, 5.41) is 0. The van der Waals surface area contributed by atoms with E-state index < -0.39 is 0 Å². The van der Waals surface area contributed by atoms with Gasteiger partial charge in [-0.3, -0.25) is 4.99 Å². The van der Waals surface area contributed by atoms with Gasteiger partial charge in [0.25, 0.3) is 0 Å². The predicted octanol–water partition coefficient (Wildman–Crippen LogP) is 2.90. The zero-order valence-corrected chi connectivity index (χ0v) is 11.2. The second kappa shape index (κ2) is 6.27. The van der Waals surface area contributed by atoms with Gasteiger partial charge in [-0.2, -0.15) is 0 Å². The second-order valence-electron chi connectivity index (χ2n) is 5.57. The number of aliphatic imine (C=N–C) groups is 1. The van der Waals surface area contributed by atoms with Gasteiger partial charge < -0.3 is 10.6 Å². The molecule has 2 fully saturated rings. The highest BCUT2D eigenvalue weighted by molar-refractivity contribution is 5.78. The Labute approximate surface area is 105 Å². The molecule has 0 spiro atoms. The summed E-state index contributed by atoms with van der Waals surface area (Å²) in [7, 11) is 1.83. The molecule has 3 heteroatoms. The Kier molecular flexibility index (Phi) is 4.69. The third kappa shape index (κ3) is 3.14. The molecule has 0 amide bonds. The lowest BCUT2D eigenvalue weighted by atomic mass is 9.89. The van der Waals surface area contributed by atoms with Crippen LogP contribution in [0, 0.1) is 0 Å². The molecule has 0 aliphatic heterocycles. The van der Waals surface area contributed by atoms with E-state index in [0.717, 1.165) is 5.96 Å². The highest BCUT2D eigenvalue weighted by atomic mass is 15.3. The summed E-state index contributed by atoms with van der Waals surface area (Å²) in [5.74, 6) is 0.781. The monoisotopic (exact) mass is 237 g/mol. The maximum atomic E-state index is 6.15. The molecule has 0 unspecified atom stereocenters. The van der Waals surface area contributed by atoms with Crippen molar-refractivity contribution < 1.29 is 0 Å². The van der Waals surface area contributed by atoms with E-state index in [2.05, 4.69) is 9.89 Å². The molecular weight excluding hydrogens is 210 g/mol. The van der Waals surface area contributed by atoms with Crippen molar-refractivity contribution in [3.63, 3.8) is 0 Å². The van der Waals surface area contributed by atoms with Crippen LogP contribution >= 0.6 is 0 Å². The van der Waals surface area contributed by atoms with Gasteiger partial charge in [-0.25, -0.2) is 0 Å². The molecule has 0 aromatic carbocycles. The molecule has 0 radical (unpaired) electrons. The average molecular weight is 237 g/mol. The van der Waals surface area contributed by atoms with Crippen LogP contribution in [0.25, 0.3) is 0 Å². The van der Waals surface area contributed by atoms with Crippen molar-refractivity contribution >= 4 is 5.96 Å². The summed E-state index contributed by atoms with van der Waals surface area (Å²) in [6, 6.07) is 1.33. The highest BCUT2D eigenvalue weighted by Crippen LogP contribution is 2.29. The summed E-state index contributed by atoms with van der Waals surface area (Å²) < 4.78 is 0. The van der Waals surface area contributed by atoms with Crippen molar-refractivity contribution in [1.82, 2.24) is 4.90 Å². The molecule has 0 saturated heterocycles. The maximum absolute atomic E-state index is 6.15. The lowest BCUT2D eigenvalue weighted by Crippen LogP contribution is -2.51. The maximum Gasteiger partial charge on any atom is 0.191 e. The molecule has 2 rings (SSSR count). The van der Waals surface area contributed by atoms with E-state index in [1.807, 2.05) is 7.05 Å². The molecule has 98 valence electrons. The molecule has 2 saturated carbocycles. The molecule has 2 aliphatic carbocycles. The Morgan fingerprint density at radius 3 is 1.65 bits per heavy atom. The first-order chi connectivity index (χ1) is 8.33.